The minimum atomic E-state index is 0.463. The lowest BCUT2D eigenvalue weighted by molar-refractivity contribution is 0.111. The summed E-state index contributed by atoms with van der Waals surface area (Å²) in [7, 11) is 1.70. The fourth-order valence-electron chi connectivity index (χ4n) is 1.87. The molecule has 2 aromatic rings. The molecule has 3 rings (SSSR count). The maximum atomic E-state index is 11.0. The fourth-order valence-corrected chi connectivity index (χ4v) is 1.87. The van der Waals surface area contributed by atoms with Crippen LogP contribution < -0.4 is 0 Å². The van der Waals surface area contributed by atoms with Crippen molar-refractivity contribution in [2.75, 3.05) is 0 Å². The maximum Gasteiger partial charge on any atom is 0.170 e. The summed E-state index contributed by atoms with van der Waals surface area (Å²) >= 11 is 0. The normalized spacial score (nSPS) is 14.9. The highest BCUT2D eigenvalue weighted by atomic mass is 16.1. The molecule has 0 amide bonds. The second-order valence-corrected chi connectivity index (χ2v) is 4.29. The Labute approximate surface area is 98.5 Å². The van der Waals surface area contributed by atoms with Crippen LogP contribution >= 0.6 is 0 Å². The van der Waals surface area contributed by atoms with Crippen LogP contribution in [0.15, 0.2) is 18.2 Å². The summed E-state index contributed by atoms with van der Waals surface area (Å²) in [5.74, 6) is 0.589. The SMILES string of the molecule is Cn1nnc(-c2cccc(C3CC3)n2)c1C=O. The Hall–Kier alpha value is -2.04. The molecule has 1 fully saturated rings. The third kappa shape index (κ3) is 1.73. The summed E-state index contributed by atoms with van der Waals surface area (Å²) in [6.45, 7) is 0. The Morgan fingerprint density at radius 3 is 2.94 bits per heavy atom. The van der Waals surface area contributed by atoms with Crippen molar-refractivity contribution < 1.29 is 4.79 Å². The van der Waals surface area contributed by atoms with Gasteiger partial charge in [0.25, 0.3) is 0 Å². The molecule has 5 nitrogen and oxygen atoms in total. The first-order chi connectivity index (χ1) is 8.29. The number of nitrogens with zero attached hydrogens (tertiary/aromatic N) is 4. The molecule has 0 radical (unpaired) electrons. The van der Waals surface area contributed by atoms with E-state index in [1.54, 1.807) is 7.05 Å². The Morgan fingerprint density at radius 2 is 2.24 bits per heavy atom. The van der Waals surface area contributed by atoms with E-state index in [1.165, 1.54) is 17.5 Å². The van der Waals surface area contributed by atoms with Gasteiger partial charge in [0.2, 0.25) is 0 Å². The molecule has 0 atom stereocenters. The van der Waals surface area contributed by atoms with Crippen molar-refractivity contribution >= 4 is 6.29 Å². The average Bonchev–Trinajstić information content (AvgIpc) is 3.13. The van der Waals surface area contributed by atoms with E-state index in [1.807, 2.05) is 18.2 Å². The van der Waals surface area contributed by atoms with Gasteiger partial charge in [0, 0.05) is 18.7 Å². The van der Waals surface area contributed by atoms with E-state index in [9.17, 15) is 4.79 Å². The Balaban J connectivity index is 2.07. The molecule has 17 heavy (non-hydrogen) atoms. The summed E-state index contributed by atoms with van der Waals surface area (Å²) < 4.78 is 1.47. The molecular weight excluding hydrogens is 216 g/mol. The molecule has 0 N–H and O–H groups in total. The van der Waals surface area contributed by atoms with Gasteiger partial charge in [0.15, 0.2) is 6.29 Å². The van der Waals surface area contributed by atoms with Crippen LogP contribution in [-0.2, 0) is 7.05 Å². The first-order valence-electron chi connectivity index (χ1n) is 5.62. The van der Waals surface area contributed by atoms with Gasteiger partial charge in [-0.05, 0) is 25.0 Å². The third-order valence-electron chi connectivity index (χ3n) is 2.99. The van der Waals surface area contributed by atoms with E-state index in [0.29, 0.717) is 17.3 Å². The molecule has 0 aromatic carbocycles. The highest BCUT2D eigenvalue weighted by Crippen LogP contribution is 2.39. The topological polar surface area (TPSA) is 60.7 Å². The smallest absolute Gasteiger partial charge is 0.170 e. The van der Waals surface area contributed by atoms with Crippen molar-refractivity contribution in [2.24, 2.45) is 7.05 Å². The first-order valence-corrected chi connectivity index (χ1v) is 5.62. The van der Waals surface area contributed by atoms with Gasteiger partial charge in [-0.25, -0.2) is 4.68 Å². The van der Waals surface area contributed by atoms with Gasteiger partial charge < -0.3 is 0 Å². The van der Waals surface area contributed by atoms with E-state index in [2.05, 4.69) is 15.3 Å². The number of aryl methyl sites for hydroxylation is 1. The van der Waals surface area contributed by atoms with Crippen LogP contribution in [0, 0.1) is 0 Å². The summed E-state index contributed by atoms with van der Waals surface area (Å²) in [5.41, 5.74) is 2.84. The molecule has 5 heteroatoms. The average molecular weight is 228 g/mol. The van der Waals surface area contributed by atoms with E-state index >= 15 is 0 Å². The summed E-state index contributed by atoms with van der Waals surface area (Å²) in [6.07, 6.45) is 3.18. The second-order valence-electron chi connectivity index (χ2n) is 4.29. The van der Waals surface area contributed by atoms with Crippen molar-refractivity contribution in [1.29, 1.82) is 0 Å². The van der Waals surface area contributed by atoms with Crippen molar-refractivity contribution in [3.05, 3.63) is 29.6 Å². The zero-order valence-corrected chi connectivity index (χ0v) is 9.50. The second kappa shape index (κ2) is 3.76. The van der Waals surface area contributed by atoms with Crippen LogP contribution in [0.2, 0.25) is 0 Å². The van der Waals surface area contributed by atoms with Crippen LogP contribution in [0.5, 0.6) is 0 Å². The van der Waals surface area contributed by atoms with Gasteiger partial charge >= 0.3 is 0 Å². The van der Waals surface area contributed by atoms with Crippen molar-refractivity contribution in [2.45, 2.75) is 18.8 Å². The lowest BCUT2D eigenvalue weighted by Gasteiger charge is -2.01. The van der Waals surface area contributed by atoms with E-state index in [0.717, 1.165) is 17.7 Å². The van der Waals surface area contributed by atoms with Gasteiger partial charge in [-0.15, -0.1) is 5.10 Å². The number of aromatic nitrogens is 4. The largest absolute Gasteiger partial charge is 0.296 e. The number of rotatable bonds is 3. The maximum absolute atomic E-state index is 11.0. The van der Waals surface area contributed by atoms with Gasteiger partial charge in [0.1, 0.15) is 11.4 Å². The summed E-state index contributed by atoms with van der Waals surface area (Å²) in [4.78, 5) is 15.5. The fraction of sp³-hybridized carbons (Fsp3) is 0.333. The van der Waals surface area contributed by atoms with Crippen LogP contribution in [0.1, 0.15) is 34.9 Å². The number of aldehydes is 1. The zero-order chi connectivity index (χ0) is 11.8. The summed E-state index contributed by atoms with van der Waals surface area (Å²) in [6, 6.07) is 5.85. The van der Waals surface area contributed by atoms with E-state index in [4.69, 9.17) is 0 Å². The lowest BCUT2D eigenvalue weighted by Crippen LogP contribution is -1.98. The Morgan fingerprint density at radius 1 is 1.41 bits per heavy atom. The number of carbonyl (C=O) groups is 1. The van der Waals surface area contributed by atoms with Gasteiger partial charge in [-0.1, -0.05) is 11.3 Å². The Kier molecular flexibility index (Phi) is 2.24. The van der Waals surface area contributed by atoms with Crippen molar-refractivity contribution in [1.82, 2.24) is 20.0 Å². The predicted octanol–water partition coefficient (Wildman–Crippen LogP) is 1.57. The number of pyridine rings is 1. The molecule has 0 saturated heterocycles. The molecule has 0 bridgehead atoms. The van der Waals surface area contributed by atoms with Crippen molar-refractivity contribution in [3.8, 4) is 11.4 Å². The minimum Gasteiger partial charge on any atom is -0.296 e. The summed E-state index contributed by atoms with van der Waals surface area (Å²) in [5, 5.41) is 7.85. The zero-order valence-electron chi connectivity index (χ0n) is 9.50. The molecule has 2 heterocycles. The van der Waals surface area contributed by atoms with Crippen LogP contribution in [0.25, 0.3) is 11.4 Å². The highest BCUT2D eigenvalue weighted by molar-refractivity contribution is 5.82. The quantitative estimate of drug-likeness (QED) is 0.748. The predicted molar refractivity (Wildman–Crippen MR) is 61.6 cm³/mol. The van der Waals surface area contributed by atoms with E-state index in [-0.39, 0.29) is 0 Å². The van der Waals surface area contributed by atoms with Crippen LogP contribution in [0.4, 0.5) is 0 Å². The highest BCUT2D eigenvalue weighted by Gasteiger charge is 2.25. The molecule has 1 aliphatic carbocycles. The molecule has 86 valence electrons. The molecule has 0 unspecified atom stereocenters. The Bertz CT molecular complexity index is 572. The molecular formula is C12H12N4O. The van der Waals surface area contributed by atoms with E-state index < -0.39 is 0 Å². The van der Waals surface area contributed by atoms with Crippen LogP contribution in [-0.4, -0.2) is 26.3 Å². The number of hydrogen-bond donors (Lipinski definition) is 0. The van der Waals surface area contributed by atoms with Crippen LogP contribution in [0.3, 0.4) is 0 Å². The molecule has 1 aliphatic rings. The molecule has 2 aromatic heterocycles. The molecule has 1 saturated carbocycles. The lowest BCUT2D eigenvalue weighted by atomic mass is 10.2. The third-order valence-corrected chi connectivity index (χ3v) is 2.99. The van der Waals surface area contributed by atoms with Gasteiger partial charge in [-0.3, -0.25) is 9.78 Å². The first kappa shape index (κ1) is 10.1. The molecule has 0 spiro atoms. The van der Waals surface area contributed by atoms with Gasteiger partial charge in [0.05, 0.1) is 5.69 Å². The van der Waals surface area contributed by atoms with Gasteiger partial charge in [-0.2, -0.15) is 0 Å². The number of carbonyl (C=O) groups excluding carboxylic acids is 1. The standard InChI is InChI=1S/C12H12N4O/c1-16-11(7-17)12(14-15-16)10-4-2-3-9(13-10)8-5-6-8/h2-4,7-8H,5-6H2,1H3. The monoisotopic (exact) mass is 228 g/mol. The van der Waals surface area contributed by atoms with Crippen molar-refractivity contribution in [3.63, 3.8) is 0 Å². The minimum absolute atomic E-state index is 0.463. The molecule has 0 aliphatic heterocycles. The number of hydrogen-bond acceptors (Lipinski definition) is 4.